The number of hydrogen-bond acceptors (Lipinski definition) is 3. The Morgan fingerprint density at radius 1 is 1.16 bits per heavy atom. The summed E-state index contributed by atoms with van der Waals surface area (Å²) in [5, 5.41) is 16.7. The predicted octanol–water partition coefficient (Wildman–Crippen LogP) is 2.72. The van der Waals surface area contributed by atoms with E-state index in [1.54, 1.807) is 11.6 Å². The van der Waals surface area contributed by atoms with E-state index >= 15 is 0 Å². The van der Waals surface area contributed by atoms with Crippen molar-refractivity contribution in [2.24, 2.45) is 13.0 Å². The fraction of sp³-hybridized carbons (Fsp3) is 0.421. The maximum Gasteiger partial charge on any atom is 0.308 e. The van der Waals surface area contributed by atoms with Gasteiger partial charge in [-0.25, -0.2) is 0 Å². The van der Waals surface area contributed by atoms with Crippen LogP contribution in [-0.4, -0.2) is 26.8 Å². The third-order valence-electron chi connectivity index (χ3n) is 4.74. The van der Waals surface area contributed by atoms with Gasteiger partial charge in [0.1, 0.15) is 0 Å². The van der Waals surface area contributed by atoms with Crippen LogP contribution in [-0.2, 0) is 16.6 Å². The summed E-state index contributed by atoms with van der Waals surface area (Å²) in [6, 6.07) is 8.60. The van der Waals surface area contributed by atoms with Crippen LogP contribution < -0.4 is 5.32 Å². The van der Waals surface area contributed by atoms with Gasteiger partial charge in [0.25, 0.3) is 0 Å². The molecule has 0 saturated heterocycles. The lowest BCUT2D eigenvalue weighted by Gasteiger charge is -2.25. The Labute approximate surface area is 147 Å². The highest BCUT2D eigenvalue weighted by Crippen LogP contribution is 2.27. The Balaban J connectivity index is 2.29. The normalized spacial score (nSPS) is 14.6. The van der Waals surface area contributed by atoms with Crippen LogP contribution in [0.25, 0.3) is 0 Å². The molecule has 6 heteroatoms. The van der Waals surface area contributed by atoms with Gasteiger partial charge in [0, 0.05) is 18.3 Å². The maximum atomic E-state index is 12.8. The standard InChI is InChI=1S/C19H25N3O3/c1-11(16-13(3)21-22(5)14(16)4)18(23)20-17(12(2)19(24)25)15-9-7-6-8-10-15/h6-12,17H,1-5H3,(H,20,23)(H,24,25). The lowest BCUT2D eigenvalue weighted by atomic mass is 9.92. The molecule has 0 bridgehead atoms. The van der Waals surface area contributed by atoms with Crippen molar-refractivity contribution >= 4 is 11.9 Å². The summed E-state index contributed by atoms with van der Waals surface area (Å²) in [7, 11) is 1.84. The van der Waals surface area contributed by atoms with Gasteiger partial charge in [-0.15, -0.1) is 0 Å². The zero-order valence-corrected chi connectivity index (χ0v) is 15.3. The molecule has 0 radical (unpaired) electrons. The van der Waals surface area contributed by atoms with Crippen molar-refractivity contribution < 1.29 is 14.7 Å². The third kappa shape index (κ3) is 3.90. The summed E-state index contributed by atoms with van der Waals surface area (Å²) in [6.45, 7) is 7.22. The van der Waals surface area contributed by atoms with Crippen LogP contribution in [0.5, 0.6) is 0 Å². The van der Waals surface area contributed by atoms with Crippen LogP contribution in [0.3, 0.4) is 0 Å². The minimum atomic E-state index is -0.949. The van der Waals surface area contributed by atoms with E-state index in [-0.39, 0.29) is 5.91 Å². The van der Waals surface area contributed by atoms with E-state index in [0.717, 1.165) is 22.5 Å². The molecule has 134 valence electrons. The topological polar surface area (TPSA) is 84.2 Å². The molecule has 3 atom stereocenters. The van der Waals surface area contributed by atoms with E-state index < -0.39 is 23.8 Å². The maximum absolute atomic E-state index is 12.8. The first-order valence-electron chi connectivity index (χ1n) is 8.32. The molecule has 1 aromatic carbocycles. The quantitative estimate of drug-likeness (QED) is 0.845. The number of aromatic nitrogens is 2. The van der Waals surface area contributed by atoms with Crippen LogP contribution >= 0.6 is 0 Å². The lowest BCUT2D eigenvalue weighted by molar-refractivity contribution is -0.142. The Bertz CT molecular complexity index is 768. The molecule has 0 aliphatic rings. The second kappa shape index (κ2) is 7.51. The van der Waals surface area contributed by atoms with E-state index in [4.69, 9.17) is 0 Å². The van der Waals surface area contributed by atoms with Crippen LogP contribution in [0.15, 0.2) is 30.3 Å². The van der Waals surface area contributed by atoms with Gasteiger partial charge in [-0.1, -0.05) is 30.3 Å². The number of carboxylic acid groups (broad SMARTS) is 1. The lowest BCUT2D eigenvalue weighted by Crippen LogP contribution is -2.37. The van der Waals surface area contributed by atoms with Gasteiger partial charge >= 0.3 is 5.97 Å². The highest BCUT2D eigenvalue weighted by Gasteiger charge is 2.30. The molecule has 2 aromatic rings. The van der Waals surface area contributed by atoms with Crippen molar-refractivity contribution in [1.29, 1.82) is 0 Å². The number of benzene rings is 1. The second-order valence-corrected chi connectivity index (χ2v) is 6.45. The number of carboxylic acids is 1. The minimum Gasteiger partial charge on any atom is -0.481 e. The molecular weight excluding hydrogens is 318 g/mol. The van der Waals surface area contributed by atoms with Gasteiger partial charge in [-0.2, -0.15) is 5.10 Å². The smallest absolute Gasteiger partial charge is 0.308 e. The van der Waals surface area contributed by atoms with Crippen molar-refractivity contribution in [2.45, 2.75) is 39.7 Å². The van der Waals surface area contributed by atoms with Crippen LogP contribution in [0.1, 0.15) is 48.3 Å². The van der Waals surface area contributed by atoms with Crippen LogP contribution in [0.4, 0.5) is 0 Å². The molecule has 2 N–H and O–H groups in total. The number of rotatable bonds is 6. The molecule has 1 heterocycles. The monoisotopic (exact) mass is 343 g/mol. The summed E-state index contributed by atoms with van der Waals surface area (Å²) >= 11 is 0. The molecule has 1 amide bonds. The van der Waals surface area contributed by atoms with Gasteiger partial charge < -0.3 is 10.4 Å². The SMILES string of the molecule is Cc1nn(C)c(C)c1C(C)C(=O)NC(c1ccccc1)C(C)C(=O)O. The van der Waals surface area contributed by atoms with E-state index in [9.17, 15) is 14.7 Å². The van der Waals surface area contributed by atoms with Crippen molar-refractivity contribution in [2.75, 3.05) is 0 Å². The first-order valence-corrected chi connectivity index (χ1v) is 8.32. The molecule has 0 aliphatic carbocycles. The molecule has 25 heavy (non-hydrogen) atoms. The first kappa shape index (κ1) is 18.7. The molecule has 0 fully saturated rings. The van der Waals surface area contributed by atoms with E-state index in [2.05, 4.69) is 10.4 Å². The number of nitrogens with zero attached hydrogens (tertiary/aromatic N) is 2. The highest BCUT2D eigenvalue weighted by atomic mass is 16.4. The number of aryl methyl sites for hydroxylation is 2. The molecule has 0 spiro atoms. The van der Waals surface area contributed by atoms with E-state index in [1.807, 2.05) is 58.2 Å². The van der Waals surface area contributed by atoms with Gasteiger partial charge in [0.15, 0.2) is 0 Å². The van der Waals surface area contributed by atoms with Crippen molar-refractivity contribution in [3.8, 4) is 0 Å². The third-order valence-corrected chi connectivity index (χ3v) is 4.74. The number of amides is 1. The Hall–Kier alpha value is -2.63. The average Bonchev–Trinajstić information content (AvgIpc) is 2.84. The zero-order chi connectivity index (χ0) is 18.7. The number of aliphatic carboxylic acids is 1. The largest absolute Gasteiger partial charge is 0.481 e. The summed E-state index contributed by atoms with van der Waals surface area (Å²) < 4.78 is 1.75. The summed E-state index contributed by atoms with van der Waals surface area (Å²) in [4.78, 5) is 24.3. The molecule has 6 nitrogen and oxygen atoms in total. The zero-order valence-electron chi connectivity index (χ0n) is 15.3. The number of carbonyl (C=O) groups excluding carboxylic acids is 1. The fourth-order valence-electron chi connectivity index (χ4n) is 3.13. The number of carbonyl (C=O) groups is 2. The Morgan fingerprint density at radius 2 is 1.76 bits per heavy atom. The average molecular weight is 343 g/mol. The summed E-state index contributed by atoms with van der Waals surface area (Å²) in [5.74, 6) is -2.31. The van der Waals surface area contributed by atoms with Crippen molar-refractivity contribution in [3.05, 3.63) is 52.8 Å². The van der Waals surface area contributed by atoms with Gasteiger partial charge in [-0.3, -0.25) is 14.3 Å². The van der Waals surface area contributed by atoms with Gasteiger partial charge in [0.05, 0.1) is 23.6 Å². The molecule has 1 aromatic heterocycles. The second-order valence-electron chi connectivity index (χ2n) is 6.45. The Morgan fingerprint density at radius 3 is 2.24 bits per heavy atom. The molecule has 2 rings (SSSR count). The van der Waals surface area contributed by atoms with Gasteiger partial charge in [0.2, 0.25) is 5.91 Å². The first-order chi connectivity index (χ1) is 11.7. The fourth-order valence-corrected chi connectivity index (χ4v) is 3.13. The van der Waals surface area contributed by atoms with Crippen molar-refractivity contribution in [3.63, 3.8) is 0 Å². The highest BCUT2D eigenvalue weighted by molar-refractivity contribution is 5.85. The van der Waals surface area contributed by atoms with Crippen LogP contribution in [0, 0.1) is 19.8 Å². The molecule has 3 unspecified atom stereocenters. The predicted molar refractivity (Wildman–Crippen MR) is 95.2 cm³/mol. The van der Waals surface area contributed by atoms with Crippen molar-refractivity contribution in [1.82, 2.24) is 15.1 Å². The molecule has 0 aliphatic heterocycles. The van der Waals surface area contributed by atoms with Gasteiger partial charge in [-0.05, 0) is 33.3 Å². The minimum absolute atomic E-state index is 0.207. The van der Waals surface area contributed by atoms with E-state index in [1.165, 1.54) is 0 Å². The van der Waals surface area contributed by atoms with Crippen LogP contribution in [0.2, 0.25) is 0 Å². The Kier molecular flexibility index (Phi) is 5.62. The molecular formula is C19H25N3O3. The van der Waals surface area contributed by atoms with E-state index in [0.29, 0.717) is 0 Å². The summed E-state index contributed by atoms with van der Waals surface area (Å²) in [5.41, 5.74) is 3.40. The number of hydrogen-bond donors (Lipinski definition) is 2. The summed E-state index contributed by atoms with van der Waals surface area (Å²) in [6.07, 6.45) is 0. The number of nitrogens with one attached hydrogen (secondary N) is 1. The molecule has 0 saturated carbocycles.